The maximum Gasteiger partial charge on any atom is 0.466 e. The lowest BCUT2D eigenvalue weighted by Crippen LogP contribution is -2.54. The molecule has 2 aliphatic rings. The summed E-state index contributed by atoms with van der Waals surface area (Å²) in [6.07, 6.45) is 0.920. The van der Waals surface area contributed by atoms with E-state index in [9.17, 15) is 20.2 Å². The van der Waals surface area contributed by atoms with Crippen LogP contribution in [0.3, 0.4) is 0 Å². The van der Waals surface area contributed by atoms with Crippen molar-refractivity contribution in [1.82, 2.24) is 0 Å². The van der Waals surface area contributed by atoms with Crippen LogP contribution in [0.4, 0.5) is 0 Å². The fourth-order valence-corrected chi connectivity index (χ4v) is 3.53. The highest BCUT2D eigenvalue weighted by Crippen LogP contribution is 2.60. The molecule has 2 atom stereocenters. The van der Waals surface area contributed by atoms with Crippen molar-refractivity contribution in [1.29, 1.82) is 0 Å². The first kappa shape index (κ1) is 12.2. The average molecular weight is 246 g/mol. The number of rotatable bonds is 4. The van der Waals surface area contributed by atoms with Crippen LogP contribution in [0.15, 0.2) is 0 Å². The van der Waals surface area contributed by atoms with Gasteiger partial charge in [-0.05, 0) is 12.8 Å². The van der Waals surface area contributed by atoms with E-state index >= 15 is 0 Å². The van der Waals surface area contributed by atoms with Gasteiger partial charge in [-0.25, -0.2) is 0 Å². The highest BCUT2D eigenvalue weighted by atomic mass is 16.7. The summed E-state index contributed by atoms with van der Waals surface area (Å²) >= 11 is 0. The van der Waals surface area contributed by atoms with Crippen LogP contribution in [-0.2, 0) is 9.47 Å². The molecule has 17 heavy (non-hydrogen) atoms. The Morgan fingerprint density at radius 3 is 1.94 bits per heavy atom. The van der Waals surface area contributed by atoms with E-state index in [1.807, 2.05) is 0 Å². The molecule has 0 aliphatic heterocycles. The fraction of sp³-hybridized carbons (Fsp3) is 1.00. The highest BCUT2D eigenvalue weighted by molar-refractivity contribution is 5.08. The predicted octanol–water partition coefficient (Wildman–Crippen LogP) is 0.655. The average Bonchev–Trinajstić information content (AvgIpc) is 2.79. The molecule has 96 valence electrons. The Morgan fingerprint density at radius 2 is 1.65 bits per heavy atom. The topological polar surface area (TPSA) is 105 Å². The molecule has 2 bridgehead atoms. The standard InChI is InChI=1S/C9H14N2O6/c1-16-9(17-2)6-3-4-7(9)8(5-6,10(12)13)11(14)15/h6-7H,3-5H2,1-2H3/t6-,7+/m1/s1. The molecule has 0 aromatic rings. The van der Waals surface area contributed by atoms with E-state index in [1.54, 1.807) is 0 Å². The minimum Gasteiger partial charge on any atom is -0.352 e. The molecular formula is C9H14N2O6. The minimum absolute atomic E-state index is 0.126. The predicted molar refractivity (Wildman–Crippen MR) is 54.3 cm³/mol. The molecular weight excluding hydrogens is 232 g/mol. The van der Waals surface area contributed by atoms with E-state index in [2.05, 4.69) is 0 Å². The summed E-state index contributed by atoms with van der Waals surface area (Å²) in [5.74, 6) is -2.31. The van der Waals surface area contributed by atoms with Crippen molar-refractivity contribution in [2.24, 2.45) is 11.8 Å². The number of fused-ring (bicyclic) bond motifs is 2. The second-order valence-corrected chi connectivity index (χ2v) is 4.55. The number of hydrogen-bond donors (Lipinski definition) is 0. The van der Waals surface area contributed by atoms with Crippen LogP contribution < -0.4 is 0 Å². The van der Waals surface area contributed by atoms with Crippen LogP contribution in [0.5, 0.6) is 0 Å². The SMILES string of the molecule is COC1(OC)[C@@H]2CC[C@H]1C([N+](=O)[O-])([N+](=O)[O-])C2. The van der Waals surface area contributed by atoms with Gasteiger partial charge in [0.25, 0.3) is 0 Å². The highest BCUT2D eigenvalue weighted by Gasteiger charge is 2.81. The molecule has 8 heteroatoms. The van der Waals surface area contributed by atoms with Gasteiger partial charge < -0.3 is 9.47 Å². The second-order valence-electron chi connectivity index (χ2n) is 4.55. The third-order valence-corrected chi connectivity index (χ3v) is 4.23. The molecule has 0 aromatic carbocycles. The Kier molecular flexibility index (Phi) is 2.58. The summed E-state index contributed by atoms with van der Waals surface area (Å²) in [7, 11) is 2.76. The van der Waals surface area contributed by atoms with E-state index in [4.69, 9.17) is 9.47 Å². The number of nitrogens with zero attached hydrogens (tertiary/aromatic N) is 2. The minimum atomic E-state index is -2.16. The van der Waals surface area contributed by atoms with Gasteiger partial charge in [0.2, 0.25) is 0 Å². The summed E-state index contributed by atoms with van der Waals surface area (Å²) in [5.41, 5.74) is -2.16. The van der Waals surface area contributed by atoms with Gasteiger partial charge in [-0.15, -0.1) is 0 Å². The van der Waals surface area contributed by atoms with Crippen molar-refractivity contribution in [3.63, 3.8) is 0 Å². The monoisotopic (exact) mass is 246 g/mol. The van der Waals surface area contributed by atoms with E-state index in [1.165, 1.54) is 14.2 Å². The Bertz CT molecular complexity index is 352. The van der Waals surface area contributed by atoms with Gasteiger partial charge in [0.05, 0.1) is 16.3 Å². The zero-order valence-corrected chi connectivity index (χ0v) is 9.62. The molecule has 0 unspecified atom stereocenters. The third kappa shape index (κ3) is 1.19. The molecule has 2 fully saturated rings. The number of methoxy groups -OCH3 is 2. The van der Waals surface area contributed by atoms with Crippen molar-refractivity contribution in [3.8, 4) is 0 Å². The normalized spacial score (nSPS) is 32.6. The first-order chi connectivity index (χ1) is 7.95. The number of ether oxygens (including phenoxy) is 2. The maximum atomic E-state index is 11.1. The van der Waals surface area contributed by atoms with E-state index in [-0.39, 0.29) is 12.3 Å². The Hall–Kier alpha value is -1.28. The molecule has 2 rings (SSSR count). The van der Waals surface area contributed by atoms with Crippen molar-refractivity contribution in [2.75, 3.05) is 14.2 Å². The lowest BCUT2D eigenvalue weighted by molar-refractivity contribution is -0.807. The van der Waals surface area contributed by atoms with E-state index in [0.29, 0.717) is 12.8 Å². The molecule has 2 saturated carbocycles. The molecule has 2 aliphatic carbocycles. The van der Waals surface area contributed by atoms with Gasteiger partial charge in [0.1, 0.15) is 0 Å². The summed E-state index contributed by atoms with van der Waals surface area (Å²) in [6.45, 7) is 0. The van der Waals surface area contributed by atoms with Crippen LogP contribution >= 0.6 is 0 Å². The molecule has 0 radical (unpaired) electrons. The zero-order chi connectivity index (χ0) is 12.8. The smallest absolute Gasteiger partial charge is 0.352 e. The first-order valence-electron chi connectivity index (χ1n) is 5.35. The van der Waals surface area contributed by atoms with Gasteiger partial charge in [0.15, 0.2) is 11.7 Å². The van der Waals surface area contributed by atoms with E-state index < -0.39 is 27.2 Å². The van der Waals surface area contributed by atoms with Gasteiger partial charge in [-0.1, -0.05) is 0 Å². The van der Waals surface area contributed by atoms with Gasteiger partial charge in [0, 0.05) is 20.1 Å². The molecule has 0 saturated heterocycles. The van der Waals surface area contributed by atoms with Crippen molar-refractivity contribution in [3.05, 3.63) is 20.2 Å². The first-order valence-corrected chi connectivity index (χ1v) is 5.35. The number of nitro groups is 2. The molecule has 0 aromatic heterocycles. The quantitative estimate of drug-likeness (QED) is 0.410. The molecule has 0 spiro atoms. The van der Waals surface area contributed by atoms with Crippen molar-refractivity contribution in [2.45, 2.75) is 30.7 Å². The maximum absolute atomic E-state index is 11.1. The second kappa shape index (κ2) is 3.61. The van der Waals surface area contributed by atoms with Crippen LogP contribution in [0.2, 0.25) is 0 Å². The van der Waals surface area contributed by atoms with Crippen molar-refractivity contribution < 1.29 is 19.3 Å². The van der Waals surface area contributed by atoms with Crippen LogP contribution in [-0.4, -0.2) is 35.5 Å². The van der Waals surface area contributed by atoms with Crippen LogP contribution in [0, 0.1) is 32.1 Å². The summed E-state index contributed by atoms with van der Waals surface area (Å²) in [5, 5.41) is 22.3. The lowest BCUT2D eigenvalue weighted by Gasteiger charge is -2.30. The number of hydrogen-bond acceptors (Lipinski definition) is 6. The Balaban J connectivity index is 2.49. The summed E-state index contributed by atoms with van der Waals surface area (Å²) in [6, 6.07) is 0. The van der Waals surface area contributed by atoms with Crippen LogP contribution in [0.1, 0.15) is 19.3 Å². The Morgan fingerprint density at radius 1 is 1.12 bits per heavy atom. The molecule has 0 amide bonds. The summed E-state index contributed by atoms with van der Waals surface area (Å²) < 4.78 is 10.5. The Labute approximate surface area is 97.2 Å². The molecule has 8 nitrogen and oxygen atoms in total. The molecule has 0 N–H and O–H groups in total. The largest absolute Gasteiger partial charge is 0.466 e. The van der Waals surface area contributed by atoms with E-state index in [0.717, 1.165) is 0 Å². The van der Waals surface area contributed by atoms with Crippen LogP contribution in [0.25, 0.3) is 0 Å². The molecule has 0 heterocycles. The lowest BCUT2D eigenvalue weighted by atomic mass is 9.89. The zero-order valence-electron chi connectivity index (χ0n) is 9.62. The van der Waals surface area contributed by atoms with Gasteiger partial charge >= 0.3 is 5.66 Å². The summed E-state index contributed by atoms with van der Waals surface area (Å²) in [4.78, 5) is 20.7. The van der Waals surface area contributed by atoms with Gasteiger partial charge in [-0.3, -0.25) is 20.2 Å². The van der Waals surface area contributed by atoms with Gasteiger partial charge in [-0.2, -0.15) is 0 Å². The third-order valence-electron chi connectivity index (χ3n) is 4.23. The fourth-order valence-electron chi connectivity index (χ4n) is 3.53. The van der Waals surface area contributed by atoms with Crippen molar-refractivity contribution >= 4 is 0 Å².